The van der Waals surface area contributed by atoms with Crippen LogP contribution in [-0.4, -0.2) is 23.9 Å². The van der Waals surface area contributed by atoms with E-state index in [0.29, 0.717) is 11.6 Å². The summed E-state index contributed by atoms with van der Waals surface area (Å²) in [5.41, 5.74) is -0.853. The molecule has 0 aromatic carbocycles. The first kappa shape index (κ1) is 12.0. The first-order valence-electron chi connectivity index (χ1n) is 4.47. The molecule has 0 aliphatic rings. The van der Waals surface area contributed by atoms with E-state index in [1.54, 1.807) is 33.2 Å². The van der Waals surface area contributed by atoms with Gasteiger partial charge >= 0.3 is 0 Å². The van der Waals surface area contributed by atoms with Crippen LogP contribution in [0.2, 0.25) is 0 Å². The van der Waals surface area contributed by atoms with Gasteiger partial charge in [0.05, 0.1) is 0 Å². The molecule has 0 bridgehead atoms. The summed E-state index contributed by atoms with van der Waals surface area (Å²) in [6.45, 7) is 3.39. The fourth-order valence-corrected chi connectivity index (χ4v) is 1.30. The van der Waals surface area contributed by atoms with Gasteiger partial charge in [-0.25, -0.2) is 4.98 Å². The van der Waals surface area contributed by atoms with E-state index in [0.717, 1.165) is 10.8 Å². The molecule has 15 heavy (non-hydrogen) atoms. The summed E-state index contributed by atoms with van der Waals surface area (Å²) >= 11 is 3.30. The van der Waals surface area contributed by atoms with Crippen molar-refractivity contribution < 1.29 is 9.53 Å². The highest BCUT2D eigenvalue weighted by Crippen LogP contribution is 2.28. The zero-order valence-electron chi connectivity index (χ0n) is 8.87. The Morgan fingerprint density at radius 3 is 2.80 bits per heavy atom. The summed E-state index contributed by atoms with van der Waals surface area (Å²) < 4.78 is 6.33. The molecule has 0 atom stereocenters. The van der Waals surface area contributed by atoms with Crippen LogP contribution in [0.3, 0.4) is 0 Å². The van der Waals surface area contributed by atoms with Crippen LogP contribution in [-0.2, 0) is 4.79 Å². The number of halogens is 1. The second-order valence-electron chi connectivity index (χ2n) is 3.57. The van der Waals surface area contributed by atoms with Gasteiger partial charge in [-0.15, -0.1) is 0 Å². The highest BCUT2D eigenvalue weighted by molar-refractivity contribution is 9.10. The van der Waals surface area contributed by atoms with Crippen molar-refractivity contribution in [1.82, 2.24) is 4.98 Å². The van der Waals surface area contributed by atoms with E-state index in [4.69, 9.17) is 4.74 Å². The van der Waals surface area contributed by atoms with Crippen LogP contribution in [0.5, 0.6) is 5.75 Å². The fraction of sp³-hybridized carbons (Fsp3) is 0.400. The van der Waals surface area contributed by atoms with Gasteiger partial charge in [0.2, 0.25) is 0 Å². The molecule has 0 fully saturated rings. The minimum atomic E-state index is -0.853. The average molecular weight is 273 g/mol. The van der Waals surface area contributed by atoms with Gasteiger partial charge in [-0.3, -0.25) is 4.79 Å². The molecular formula is C10H13BrN2O2. The van der Waals surface area contributed by atoms with E-state index >= 15 is 0 Å². The predicted octanol–water partition coefficient (Wildman–Crippen LogP) is 2.24. The van der Waals surface area contributed by atoms with Gasteiger partial charge in [0, 0.05) is 17.7 Å². The Bertz CT molecular complexity index is 366. The third-order valence-corrected chi connectivity index (χ3v) is 2.15. The summed E-state index contributed by atoms with van der Waals surface area (Å²) in [7, 11) is 1.75. The Morgan fingerprint density at radius 1 is 1.60 bits per heavy atom. The number of hydrogen-bond donors (Lipinski definition) is 1. The Morgan fingerprint density at radius 2 is 2.27 bits per heavy atom. The highest BCUT2D eigenvalue weighted by Gasteiger charge is 2.20. The molecule has 5 heteroatoms. The summed E-state index contributed by atoms with van der Waals surface area (Å²) in [4.78, 5) is 14.9. The van der Waals surface area contributed by atoms with Crippen molar-refractivity contribution in [2.45, 2.75) is 19.4 Å². The molecule has 0 unspecified atom stereocenters. The maximum Gasteiger partial charge on any atom is 0.168 e. The van der Waals surface area contributed by atoms with Crippen molar-refractivity contribution in [1.29, 1.82) is 0 Å². The van der Waals surface area contributed by atoms with Crippen LogP contribution in [0.25, 0.3) is 0 Å². The fourth-order valence-electron chi connectivity index (χ4n) is 0.994. The molecule has 1 heterocycles. The molecule has 1 aromatic rings. The number of nitrogens with one attached hydrogen (secondary N) is 1. The molecule has 4 nitrogen and oxygen atoms in total. The number of hydrogen-bond acceptors (Lipinski definition) is 4. The third kappa shape index (κ3) is 3.20. The van der Waals surface area contributed by atoms with Crippen LogP contribution in [0.15, 0.2) is 16.7 Å². The second kappa shape index (κ2) is 4.61. The minimum Gasteiger partial charge on any atom is -0.476 e. The van der Waals surface area contributed by atoms with Gasteiger partial charge in [0.1, 0.15) is 0 Å². The van der Waals surface area contributed by atoms with Gasteiger partial charge < -0.3 is 10.1 Å². The lowest BCUT2D eigenvalue weighted by Gasteiger charge is -2.21. The molecule has 0 saturated heterocycles. The number of aromatic nitrogens is 1. The molecule has 0 spiro atoms. The van der Waals surface area contributed by atoms with E-state index in [9.17, 15) is 4.79 Å². The SMILES string of the molecule is CNc1ncc(Br)cc1OC(C)(C)C=O. The van der Waals surface area contributed by atoms with Gasteiger partial charge in [-0.05, 0) is 35.8 Å². The third-order valence-electron chi connectivity index (χ3n) is 1.71. The lowest BCUT2D eigenvalue weighted by atomic mass is 10.2. The van der Waals surface area contributed by atoms with Gasteiger partial charge in [0.15, 0.2) is 23.5 Å². The maximum absolute atomic E-state index is 10.7. The number of carbonyl (C=O) groups excluding carboxylic acids is 1. The standard InChI is InChI=1S/C10H13BrN2O2/c1-10(2,6-14)15-8-4-7(11)5-13-9(8)12-3/h4-6H,1-3H3,(H,12,13). The van der Waals surface area contributed by atoms with Crippen molar-refractivity contribution in [2.24, 2.45) is 0 Å². The molecule has 0 aliphatic heterocycles. The highest BCUT2D eigenvalue weighted by atomic mass is 79.9. The minimum absolute atomic E-state index is 0.545. The van der Waals surface area contributed by atoms with Crippen molar-refractivity contribution >= 4 is 28.0 Å². The molecule has 0 saturated carbocycles. The summed E-state index contributed by atoms with van der Waals surface area (Å²) in [5, 5.41) is 2.90. The number of pyridine rings is 1. The van der Waals surface area contributed by atoms with Gasteiger partial charge in [-0.1, -0.05) is 0 Å². The smallest absolute Gasteiger partial charge is 0.168 e. The number of nitrogens with zero attached hydrogens (tertiary/aromatic N) is 1. The zero-order chi connectivity index (χ0) is 11.5. The molecule has 1 N–H and O–H groups in total. The monoisotopic (exact) mass is 272 g/mol. The molecule has 1 aromatic heterocycles. The second-order valence-corrected chi connectivity index (χ2v) is 4.49. The van der Waals surface area contributed by atoms with E-state index in [2.05, 4.69) is 26.2 Å². The Kier molecular flexibility index (Phi) is 3.68. The van der Waals surface area contributed by atoms with E-state index in [1.165, 1.54) is 0 Å². The summed E-state index contributed by atoms with van der Waals surface area (Å²) in [5.74, 6) is 1.15. The average Bonchev–Trinajstić information content (AvgIpc) is 2.18. The van der Waals surface area contributed by atoms with Crippen LogP contribution in [0.1, 0.15) is 13.8 Å². The Labute approximate surface area is 97.2 Å². The zero-order valence-corrected chi connectivity index (χ0v) is 10.5. The van der Waals surface area contributed by atoms with E-state index < -0.39 is 5.60 Å². The lowest BCUT2D eigenvalue weighted by molar-refractivity contribution is -0.118. The quantitative estimate of drug-likeness (QED) is 0.855. The first-order valence-corrected chi connectivity index (χ1v) is 5.26. The molecule has 0 amide bonds. The van der Waals surface area contributed by atoms with Crippen LogP contribution < -0.4 is 10.1 Å². The number of carbonyl (C=O) groups is 1. The van der Waals surface area contributed by atoms with Gasteiger partial charge in [0.25, 0.3) is 0 Å². The number of anilines is 1. The molecular weight excluding hydrogens is 260 g/mol. The van der Waals surface area contributed by atoms with E-state index in [-0.39, 0.29) is 0 Å². The molecule has 0 aliphatic carbocycles. The molecule has 1 rings (SSSR count). The number of ether oxygens (including phenoxy) is 1. The van der Waals surface area contributed by atoms with Gasteiger partial charge in [-0.2, -0.15) is 0 Å². The van der Waals surface area contributed by atoms with Crippen molar-refractivity contribution in [3.63, 3.8) is 0 Å². The van der Waals surface area contributed by atoms with E-state index in [1.807, 2.05) is 0 Å². The molecule has 82 valence electrons. The van der Waals surface area contributed by atoms with Crippen LogP contribution >= 0.6 is 15.9 Å². The van der Waals surface area contributed by atoms with Crippen molar-refractivity contribution in [2.75, 3.05) is 12.4 Å². The van der Waals surface area contributed by atoms with Crippen molar-refractivity contribution in [3.8, 4) is 5.75 Å². The van der Waals surface area contributed by atoms with Crippen LogP contribution in [0.4, 0.5) is 5.82 Å². The number of rotatable bonds is 4. The summed E-state index contributed by atoms with van der Waals surface area (Å²) in [6.07, 6.45) is 2.42. The first-order chi connectivity index (χ1) is 6.98. The largest absolute Gasteiger partial charge is 0.476 e. The topological polar surface area (TPSA) is 51.2 Å². The lowest BCUT2D eigenvalue weighted by Crippen LogP contribution is -2.30. The van der Waals surface area contributed by atoms with Crippen LogP contribution in [0, 0.1) is 0 Å². The molecule has 0 radical (unpaired) electrons. The maximum atomic E-state index is 10.7. The number of aldehydes is 1. The van der Waals surface area contributed by atoms with Crippen molar-refractivity contribution in [3.05, 3.63) is 16.7 Å². The Hall–Kier alpha value is -1.10. The summed E-state index contributed by atoms with van der Waals surface area (Å²) in [6, 6.07) is 1.77. The normalized spacial score (nSPS) is 10.9. The Balaban J connectivity index is 3.02. The predicted molar refractivity (Wildman–Crippen MR) is 62.3 cm³/mol.